The second-order valence-corrected chi connectivity index (χ2v) is 2.71. The molecule has 1 atom stereocenters. The number of esters is 1. The molecule has 0 aliphatic rings. The minimum Gasteiger partial charge on any atom is -0.465 e. The van der Waals surface area contributed by atoms with Crippen molar-refractivity contribution in [3.63, 3.8) is 0 Å². The highest BCUT2D eigenvalue weighted by Crippen LogP contribution is 2.09. The van der Waals surface area contributed by atoms with Crippen LogP contribution in [0.2, 0.25) is 0 Å². The molecule has 0 aliphatic heterocycles. The molecule has 1 aromatic rings. The van der Waals surface area contributed by atoms with Crippen molar-refractivity contribution in [3.8, 4) is 0 Å². The molecule has 0 radical (unpaired) electrons. The number of carbonyl (C=O) groups excluding carboxylic acids is 1. The smallest absolute Gasteiger partial charge is 0.339 e. The summed E-state index contributed by atoms with van der Waals surface area (Å²) in [5.41, 5.74) is 6.04. The third-order valence-electron chi connectivity index (χ3n) is 1.77. The number of pyridine rings is 1. The van der Waals surface area contributed by atoms with E-state index in [1.54, 1.807) is 6.07 Å². The first-order valence-electron chi connectivity index (χ1n) is 4.11. The van der Waals surface area contributed by atoms with Crippen molar-refractivity contribution < 1.29 is 14.6 Å². The Kier molecular flexibility index (Phi) is 3.55. The zero-order valence-corrected chi connectivity index (χ0v) is 7.80. The lowest BCUT2D eigenvalue weighted by Gasteiger charge is -2.06. The number of nitrogens with two attached hydrogens (primary N) is 1. The van der Waals surface area contributed by atoms with E-state index in [4.69, 9.17) is 5.73 Å². The summed E-state index contributed by atoms with van der Waals surface area (Å²) in [5.74, 6) is -0.453. The van der Waals surface area contributed by atoms with Gasteiger partial charge in [0.2, 0.25) is 0 Å². The Bertz CT molecular complexity index is 310. The maximum absolute atomic E-state index is 11.0. The van der Waals surface area contributed by atoms with Gasteiger partial charge in [0.05, 0.1) is 18.4 Å². The maximum Gasteiger partial charge on any atom is 0.339 e. The van der Waals surface area contributed by atoms with E-state index in [2.05, 4.69) is 9.72 Å². The number of methoxy groups -OCH3 is 1. The molecule has 14 heavy (non-hydrogen) atoms. The van der Waals surface area contributed by atoms with Gasteiger partial charge in [0, 0.05) is 12.7 Å². The van der Waals surface area contributed by atoms with Crippen LogP contribution in [0.5, 0.6) is 0 Å². The predicted molar refractivity (Wildman–Crippen MR) is 49.6 cm³/mol. The number of ether oxygens (including phenoxy) is 1. The standard InChI is InChI=1S/C9H12N2O3/c1-14-9(13)6-2-3-7(11-5-6)8(12)4-10/h2-3,5,8,12H,4,10H2,1H3/t8-/m1/s1. The third-order valence-corrected chi connectivity index (χ3v) is 1.77. The first-order chi connectivity index (χ1) is 6.69. The van der Waals surface area contributed by atoms with Crippen LogP contribution in [0, 0.1) is 0 Å². The van der Waals surface area contributed by atoms with E-state index < -0.39 is 12.1 Å². The molecule has 0 unspecified atom stereocenters. The summed E-state index contributed by atoms with van der Waals surface area (Å²) in [5, 5.41) is 9.31. The van der Waals surface area contributed by atoms with Gasteiger partial charge in [0.15, 0.2) is 0 Å². The molecule has 0 bridgehead atoms. The molecule has 0 aromatic carbocycles. The second kappa shape index (κ2) is 4.69. The molecule has 0 aliphatic carbocycles. The summed E-state index contributed by atoms with van der Waals surface area (Å²) in [6.07, 6.45) is 0.557. The summed E-state index contributed by atoms with van der Waals surface area (Å²) in [7, 11) is 1.30. The van der Waals surface area contributed by atoms with Crippen molar-refractivity contribution in [1.29, 1.82) is 0 Å². The molecule has 1 heterocycles. The summed E-state index contributed by atoms with van der Waals surface area (Å²) < 4.78 is 4.50. The molecule has 0 fully saturated rings. The Labute approximate surface area is 81.5 Å². The minimum atomic E-state index is -0.790. The SMILES string of the molecule is COC(=O)c1ccc([C@H](O)CN)nc1. The van der Waals surface area contributed by atoms with Crippen LogP contribution in [0.15, 0.2) is 18.3 Å². The molecule has 1 rings (SSSR count). The molecule has 1 aromatic heterocycles. The van der Waals surface area contributed by atoms with Gasteiger partial charge in [0.25, 0.3) is 0 Å². The third kappa shape index (κ3) is 2.27. The van der Waals surface area contributed by atoms with Crippen molar-refractivity contribution in [2.45, 2.75) is 6.10 Å². The van der Waals surface area contributed by atoms with Crippen LogP contribution < -0.4 is 5.73 Å². The van der Waals surface area contributed by atoms with Crippen LogP contribution >= 0.6 is 0 Å². The van der Waals surface area contributed by atoms with Crippen LogP contribution in [-0.4, -0.2) is 29.7 Å². The van der Waals surface area contributed by atoms with E-state index in [1.165, 1.54) is 19.4 Å². The highest BCUT2D eigenvalue weighted by molar-refractivity contribution is 5.88. The predicted octanol–water partition coefficient (Wildman–Crippen LogP) is -0.140. The molecule has 0 amide bonds. The molecular weight excluding hydrogens is 184 g/mol. The molecule has 5 nitrogen and oxygen atoms in total. The van der Waals surface area contributed by atoms with Crippen molar-refractivity contribution in [2.75, 3.05) is 13.7 Å². The molecule has 0 saturated heterocycles. The second-order valence-electron chi connectivity index (χ2n) is 2.71. The number of aliphatic hydroxyl groups is 1. The van der Waals surface area contributed by atoms with Gasteiger partial charge in [-0.1, -0.05) is 0 Å². The first kappa shape index (κ1) is 10.6. The lowest BCUT2D eigenvalue weighted by atomic mass is 10.2. The lowest BCUT2D eigenvalue weighted by molar-refractivity contribution is 0.0600. The van der Waals surface area contributed by atoms with Crippen molar-refractivity contribution >= 4 is 5.97 Å². The highest BCUT2D eigenvalue weighted by Gasteiger charge is 2.09. The summed E-state index contributed by atoms with van der Waals surface area (Å²) >= 11 is 0. The quantitative estimate of drug-likeness (QED) is 0.657. The Morgan fingerprint density at radius 3 is 2.86 bits per heavy atom. The monoisotopic (exact) mass is 196 g/mol. The van der Waals surface area contributed by atoms with Crippen LogP contribution in [0.1, 0.15) is 22.2 Å². The van der Waals surface area contributed by atoms with E-state index in [9.17, 15) is 9.90 Å². The topological polar surface area (TPSA) is 85.4 Å². The average molecular weight is 196 g/mol. The molecular formula is C9H12N2O3. The number of aliphatic hydroxyl groups excluding tert-OH is 1. The van der Waals surface area contributed by atoms with Gasteiger partial charge in [-0.3, -0.25) is 4.98 Å². The number of nitrogens with zero attached hydrogens (tertiary/aromatic N) is 1. The number of aromatic nitrogens is 1. The number of hydrogen-bond donors (Lipinski definition) is 2. The Morgan fingerprint density at radius 1 is 1.71 bits per heavy atom. The normalized spacial score (nSPS) is 12.2. The van der Waals surface area contributed by atoms with Crippen molar-refractivity contribution in [2.24, 2.45) is 5.73 Å². The molecule has 0 saturated carbocycles. The van der Waals surface area contributed by atoms with E-state index in [0.717, 1.165) is 0 Å². The van der Waals surface area contributed by atoms with Gasteiger partial charge >= 0.3 is 5.97 Å². The van der Waals surface area contributed by atoms with E-state index >= 15 is 0 Å². The fraction of sp³-hybridized carbons (Fsp3) is 0.333. The lowest BCUT2D eigenvalue weighted by Crippen LogP contribution is -2.13. The van der Waals surface area contributed by atoms with Crippen LogP contribution in [0.3, 0.4) is 0 Å². The largest absolute Gasteiger partial charge is 0.465 e. The van der Waals surface area contributed by atoms with Gasteiger partial charge in [-0.15, -0.1) is 0 Å². The Morgan fingerprint density at radius 2 is 2.43 bits per heavy atom. The zero-order valence-electron chi connectivity index (χ0n) is 7.80. The van der Waals surface area contributed by atoms with E-state index in [1.807, 2.05) is 0 Å². The summed E-state index contributed by atoms with van der Waals surface area (Å²) in [6.45, 7) is 0.102. The molecule has 5 heteroatoms. The summed E-state index contributed by atoms with van der Waals surface area (Å²) in [6, 6.07) is 3.08. The van der Waals surface area contributed by atoms with Gasteiger partial charge < -0.3 is 15.6 Å². The zero-order chi connectivity index (χ0) is 10.6. The highest BCUT2D eigenvalue weighted by atomic mass is 16.5. The van der Waals surface area contributed by atoms with Crippen molar-refractivity contribution in [3.05, 3.63) is 29.6 Å². The fourth-order valence-electron chi connectivity index (χ4n) is 0.962. The van der Waals surface area contributed by atoms with Crippen molar-refractivity contribution in [1.82, 2.24) is 4.98 Å². The number of rotatable bonds is 3. The summed E-state index contributed by atoms with van der Waals surface area (Å²) in [4.78, 5) is 14.9. The van der Waals surface area contributed by atoms with Gasteiger partial charge in [0.1, 0.15) is 6.10 Å². The maximum atomic E-state index is 11.0. The first-order valence-corrected chi connectivity index (χ1v) is 4.11. The van der Waals surface area contributed by atoms with E-state index in [-0.39, 0.29) is 6.54 Å². The van der Waals surface area contributed by atoms with Gasteiger partial charge in [-0.05, 0) is 12.1 Å². The van der Waals surface area contributed by atoms with Gasteiger partial charge in [-0.25, -0.2) is 4.79 Å². The number of hydrogen-bond acceptors (Lipinski definition) is 5. The molecule has 0 spiro atoms. The fourth-order valence-corrected chi connectivity index (χ4v) is 0.962. The van der Waals surface area contributed by atoms with Crippen LogP contribution in [0.4, 0.5) is 0 Å². The van der Waals surface area contributed by atoms with Crippen LogP contribution in [-0.2, 0) is 4.74 Å². The van der Waals surface area contributed by atoms with Gasteiger partial charge in [-0.2, -0.15) is 0 Å². The number of carbonyl (C=O) groups is 1. The molecule has 76 valence electrons. The van der Waals surface area contributed by atoms with E-state index in [0.29, 0.717) is 11.3 Å². The Hall–Kier alpha value is -1.46. The average Bonchev–Trinajstić information content (AvgIpc) is 2.27. The Balaban J connectivity index is 2.83. The molecule has 3 N–H and O–H groups in total. The minimum absolute atomic E-state index is 0.102. The van der Waals surface area contributed by atoms with Crippen LogP contribution in [0.25, 0.3) is 0 Å².